The molecule has 0 spiro atoms. The highest BCUT2D eigenvalue weighted by Crippen LogP contribution is 2.22. The van der Waals surface area contributed by atoms with Gasteiger partial charge in [0.25, 0.3) is 0 Å². The number of hydrogen-bond acceptors (Lipinski definition) is 3. The van der Waals surface area contributed by atoms with E-state index < -0.39 is 11.4 Å². The quantitative estimate of drug-likeness (QED) is 0.718. The lowest BCUT2D eigenvalue weighted by molar-refractivity contribution is 0.0786. The molecule has 14 heavy (non-hydrogen) atoms. The van der Waals surface area contributed by atoms with E-state index in [1.807, 2.05) is 0 Å². The van der Waals surface area contributed by atoms with Crippen molar-refractivity contribution in [2.24, 2.45) is 0 Å². The van der Waals surface area contributed by atoms with Crippen molar-refractivity contribution < 1.29 is 9.52 Å². The molecule has 0 aliphatic heterocycles. The van der Waals surface area contributed by atoms with Gasteiger partial charge in [0, 0.05) is 0 Å². The molecule has 0 unspecified atom stereocenters. The summed E-state index contributed by atoms with van der Waals surface area (Å²) >= 11 is 0. The van der Waals surface area contributed by atoms with Crippen LogP contribution >= 0.6 is 0 Å². The van der Waals surface area contributed by atoms with Crippen LogP contribution in [0.5, 0.6) is 0 Å². The standard InChI is InChI=1S/C10H11NO3/c1-10(2,13)6-3-4-7-8(5-6)14-9(12)11-7/h3-5,13H,1-2H3,(H,11,12). The van der Waals surface area contributed by atoms with Crippen LogP contribution in [0.1, 0.15) is 19.4 Å². The second-order valence-electron chi connectivity index (χ2n) is 3.78. The van der Waals surface area contributed by atoms with Gasteiger partial charge >= 0.3 is 5.76 Å². The minimum atomic E-state index is -0.927. The highest BCUT2D eigenvalue weighted by molar-refractivity contribution is 5.73. The van der Waals surface area contributed by atoms with Crippen molar-refractivity contribution in [3.8, 4) is 0 Å². The summed E-state index contributed by atoms with van der Waals surface area (Å²) in [7, 11) is 0. The zero-order valence-corrected chi connectivity index (χ0v) is 8.00. The molecule has 2 rings (SSSR count). The van der Waals surface area contributed by atoms with Gasteiger partial charge < -0.3 is 9.52 Å². The maximum absolute atomic E-state index is 10.9. The molecule has 0 aliphatic carbocycles. The minimum absolute atomic E-state index is 0.467. The predicted octanol–water partition coefficient (Wildman–Crippen LogP) is 1.35. The molecule has 1 aromatic heterocycles. The highest BCUT2D eigenvalue weighted by atomic mass is 16.4. The van der Waals surface area contributed by atoms with E-state index >= 15 is 0 Å². The SMILES string of the molecule is CC(C)(O)c1ccc2[nH]c(=O)oc2c1. The first-order chi connectivity index (χ1) is 6.47. The van der Waals surface area contributed by atoms with Crippen LogP contribution in [0.3, 0.4) is 0 Å². The summed E-state index contributed by atoms with van der Waals surface area (Å²) < 4.78 is 4.88. The maximum Gasteiger partial charge on any atom is 0.417 e. The average Bonchev–Trinajstić information content (AvgIpc) is 2.41. The Labute approximate surface area is 80.2 Å². The molecule has 1 aromatic carbocycles. The first-order valence-corrected chi connectivity index (χ1v) is 4.32. The van der Waals surface area contributed by atoms with Gasteiger partial charge in [-0.25, -0.2) is 4.79 Å². The molecule has 1 heterocycles. The first-order valence-electron chi connectivity index (χ1n) is 4.32. The zero-order chi connectivity index (χ0) is 10.3. The van der Waals surface area contributed by atoms with Gasteiger partial charge in [0.05, 0.1) is 11.1 Å². The fraction of sp³-hybridized carbons (Fsp3) is 0.300. The normalized spacial score (nSPS) is 12.2. The summed E-state index contributed by atoms with van der Waals surface area (Å²) in [6.45, 7) is 3.36. The molecule has 4 nitrogen and oxygen atoms in total. The van der Waals surface area contributed by atoms with Crippen LogP contribution < -0.4 is 5.76 Å². The van der Waals surface area contributed by atoms with E-state index in [1.165, 1.54) is 0 Å². The Balaban J connectivity index is 2.67. The third-order valence-corrected chi connectivity index (χ3v) is 2.13. The Morgan fingerprint density at radius 3 is 2.79 bits per heavy atom. The van der Waals surface area contributed by atoms with E-state index in [2.05, 4.69) is 4.98 Å². The Morgan fingerprint density at radius 1 is 1.43 bits per heavy atom. The number of benzene rings is 1. The van der Waals surface area contributed by atoms with Crippen molar-refractivity contribution in [2.45, 2.75) is 19.4 Å². The van der Waals surface area contributed by atoms with Gasteiger partial charge in [0.15, 0.2) is 5.58 Å². The van der Waals surface area contributed by atoms with Crippen molar-refractivity contribution in [1.29, 1.82) is 0 Å². The second kappa shape index (κ2) is 2.72. The van der Waals surface area contributed by atoms with Gasteiger partial charge in [-0.3, -0.25) is 4.98 Å². The number of hydrogen-bond donors (Lipinski definition) is 2. The lowest BCUT2D eigenvalue weighted by atomic mass is 9.98. The second-order valence-corrected chi connectivity index (χ2v) is 3.78. The Morgan fingerprint density at radius 2 is 2.14 bits per heavy atom. The van der Waals surface area contributed by atoms with Gasteiger partial charge in [-0.05, 0) is 31.5 Å². The molecule has 0 radical (unpaired) electrons. The number of aromatic nitrogens is 1. The fourth-order valence-corrected chi connectivity index (χ4v) is 1.33. The number of rotatable bonds is 1. The van der Waals surface area contributed by atoms with E-state index in [9.17, 15) is 9.90 Å². The van der Waals surface area contributed by atoms with E-state index in [0.29, 0.717) is 16.7 Å². The van der Waals surface area contributed by atoms with Crippen LogP contribution in [0.4, 0.5) is 0 Å². The number of H-pyrrole nitrogens is 1. The molecule has 2 aromatic rings. The van der Waals surface area contributed by atoms with Crippen LogP contribution in [0.15, 0.2) is 27.4 Å². The van der Waals surface area contributed by atoms with Crippen LogP contribution in [-0.2, 0) is 5.60 Å². The third kappa shape index (κ3) is 1.44. The van der Waals surface area contributed by atoms with Crippen LogP contribution in [0.2, 0.25) is 0 Å². The van der Waals surface area contributed by atoms with E-state index in [0.717, 1.165) is 0 Å². The molecule has 0 bridgehead atoms. The predicted molar refractivity (Wildman–Crippen MR) is 52.1 cm³/mol. The monoisotopic (exact) mass is 193 g/mol. The molecule has 0 atom stereocenters. The summed E-state index contributed by atoms with van der Waals surface area (Å²) in [4.78, 5) is 13.4. The van der Waals surface area contributed by atoms with E-state index in [-0.39, 0.29) is 0 Å². The van der Waals surface area contributed by atoms with Crippen molar-refractivity contribution in [3.63, 3.8) is 0 Å². The van der Waals surface area contributed by atoms with Crippen LogP contribution in [-0.4, -0.2) is 10.1 Å². The summed E-state index contributed by atoms with van der Waals surface area (Å²) in [5, 5.41) is 9.73. The summed E-state index contributed by atoms with van der Waals surface area (Å²) in [6.07, 6.45) is 0. The number of aliphatic hydroxyl groups is 1. The molecule has 0 aliphatic rings. The molecular formula is C10H11NO3. The van der Waals surface area contributed by atoms with Gasteiger partial charge in [-0.15, -0.1) is 0 Å². The molecule has 4 heteroatoms. The minimum Gasteiger partial charge on any atom is -0.408 e. The number of fused-ring (bicyclic) bond motifs is 1. The van der Waals surface area contributed by atoms with Gasteiger partial charge in [-0.2, -0.15) is 0 Å². The zero-order valence-electron chi connectivity index (χ0n) is 8.00. The molecule has 74 valence electrons. The Bertz CT molecular complexity index is 516. The van der Waals surface area contributed by atoms with Crippen molar-refractivity contribution in [3.05, 3.63) is 34.3 Å². The molecule has 2 N–H and O–H groups in total. The number of oxazole rings is 1. The molecule has 0 amide bonds. The largest absolute Gasteiger partial charge is 0.417 e. The summed E-state index contributed by atoms with van der Waals surface area (Å²) in [6, 6.07) is 5.13. The number of nitrogens with one attached hydrogen (secondary N) is 1. The van der Waals surface area contributed by atoms with Gasteiger partial charge in [0.2, 0.25) is 0 Å². The molecular weight excluding hydrogens is 182 g/mol. The Hall–Kier alpha value is -1.55. The maximum atomic E-state index is 10.9. The Kier molecular flexibility index (Phi) is 1.75. The van der Waals surface area contributed by atoms with Crippen molar-refractivity contribution >= 4 is 11.1 Å². The van der Waals surface area contributed by atoms with Crippen LogP contribution in [0, 0.1) is 0 Å². The van der Waals surface area contributed by atoms with Gasteiger partial charge in [-0.1, -0.05) is 6.07 Å². The third-order valence-electron chi connectivity index (χ3n) is 2.13. The molecule has 0 fully saturated rings. The molecule has 0 saturated carbocycles. The lowest BCUT2D eigenvalue weighted by Crippen LogP contribution is -2.14. The van der Waals surface area contributed by atoms with Crippen LogP contribution in [0.25, 0.3) is 11.1 Å². The molecule has 0 saturated heterocycles. The fourth-order valence-electron chi connectivity index (χ4n) is 1.33. The number of aromatic amines is 1. The highest BCUT2D eigenvalue weighted by Gasteiger charge is 2.16. The lowest BCUT2D eigenvalue weighted by Gasteiger charge is -2.16. The van der Waals surface area contributed by atoms with Crippen molar-refractivity contribution in [1.82, 2.24) is 4.98 Å². The van der Waals surface area contributed by atoms with Crippen molar-refractivity contribution in [2.75, 3.05) is 0 Å². The van der Waals surface area contributed by atoms with E-state index in [4.69, 9.17) is 4.42 Å². The van der Waals surface area contributed by atoms with E-state index in [1.54, 1.807) is 32.0 Å². The summed E-state index contributed by atoms with van der Waals surface area (Å²) in [5.74, 6) is -0.479. The summed E-state index contributed by atoms with van der Waals surface area (Å²) in [5.41, 5.74) is 0.898. The average molecular weight is 193 g/mol. The smallest absolute Gasteiger partial charge is 0.408 e. The topological polar surface area (TPSA) is 66.2 Å². The first kappa shape index (κ1) is 9.02. The van der Waals surface area contributed by atoms with Gasteiger partial charge in [0.1, 0.15) is 0 Å².